The lowest BCUT2D eigenvalue weighted by Gasteiger charge is -2.04. The molecule has 0 amide bonds. The maximum Gasteiger partial charge on any atom is 0.0684 e. The second-order valence-electron chi connectivity index (χ2n) is 4.08. The normalized spacial score (nSPS) is 12.4. The Labute approximate surface area is 108 Å². The van der Waals surface area contributed by atoms with E-state index < -0.39 is 0 Å². The van der Waals surface area contributed by atoms with E-state index in [1.165, 1.54) is 25.8 Å². The first-order valence-electron chi connectivity index (χ1n) is 5.30. The molecule has 2 aromatic carbocycles. The molecule has 0 aliphatic heterocycles. The van der Waals surface area contributed by atoms with E-state index in [1.807, 2.05) is 12.1 Å². The van der Waals surface area contributed by atoms with Crippen LogP contribution < -0.4 is 0 Å². The van der Waals surface area contributed by atoms with Crippen LogP contribution >= 0.6 is 22.6 Å². The molecule has 0 atom stereocenters. The van der Waals surface area contributed by atoms with Gasteiger partial charge in [0, 0.05) is 3.57 Å². The highest BCUT2D eigenvalue weighted by Gasteiger charge is 2.20. The zero-order valence-electron chi connectivity index (χ0n) is 8.70. The molecule has 0 bridgehead atoms. The van der Waals surface area contributed by atoms with E-state index in [2.05, 4.69) is 46.9 Å². The molecule has 1 aliphatic carbocycles. The molecule has 0 heterocycles. The van der Waals surface area contributed by atoms with Crippen molar-refractivity contribution in [3.8, 4) is 11.1 Å². The average molecular weight is 322 g/mol. The summed E-state index contributed by atoms with van der Waals surface area (Å²) in [5.74, 6) is 0. The summed E-state index contributed by atoms with van der Waals surface area (Å²) in [7, 11) is 0. The number of hydrogen-bond acceptors (Lipinski definition) is 1. The lowest BCUT2D eigenvalue weighted by Crippen LogP contribution is -1.91. The van der Waals surface area contributed by atoms with E-state index in [-0.39, 0.29) is 6.61 Å². The summed E-state index contributed by atoms with van der Waals surface area (Å²) < 4.78 is 1.27. The van der Waals surface area contributed by atoms with Crippen LogP contribution in [0.1, 0.15) is 16.7 Å². The first kappa shape index (κ1) is 10.3. The van der Waals surface area contributed by atoms with E-state index in [0.29, 0.717) is 0 Å². The summed E-state index contributed by atoms with van der Waals surface area (Å²) >= 11 is 2.34. The highest BCUT2D eigenvalue weighted by atomic mass is 127. The van der Waals surface area contributed by atoms with Gasteiger partial charge in [-0.3, -0.25) is 0 Å². The number of aliphatic hydroxyl groups is 1. The molecule has 1 N–H and O–H groups in total. The SMILES string of the molecule is OCc1cccc2c1Cc1cc(I)ccc1-2. The van der Waals surface area contributed by atoms with Crippen molar-refractivity contribution in [3.05, 3.63) is 56.7 Å². The van der Waals surface area contributed by atoms with Gasteiger partial charge in [0.1, 0.15) is 0 Å². The molecule has 1 aliphatic rings. The molecular weight excluding hydrogens is 311 g/mol. The van der Waals surface area contributed by atoms with Crippen LogP contribution in [0.2, 0.25) is 0 Å². The monoisotopic (exact) mass is 322 g/mol. The maximum atomic E-state index is 9.33. The quantitative estimate of drug-likeness (QED) is 0.681. The van der Waals surface area contributed by atoms with Crippen LogP contribution in [0.5, 0.6) is 0 Å². The molecule has 2 heteroatoms. The number of halogens is 1. The van der Waals surface area contributed by atoms with Gasteiger partial charge in [-0.15, -0.1) is 0 Å². The number of rotatable bonds is 1. The lowest BCUT2D eigenvalue weighted by atomic mass is 10.0. The molecule has 2 aromatic rings. The van der Waals surface area contributed by atoms with E-state index in [1.54, 1.807) is 0 Å². The van der Waals surface area contributed by atoms with Crippen LogP contribution in [-0.2, 0) is 13.0 Å². The third kappa shape index (κ3) is 1.48. The summed E-state index contributed by atoms with van der Waals surface area (Å²) in [5, 5.41) is 9.33. The van der Waals surface area contributed by atoms with Crippen LogP contribution in [0, 0.1) is 3.57 Å². The minimum atomic E-state index is 0.133. The first-order chi connectivity index (χ1) is 7.79. The molecule has 0 aromatic heterocycles. The second kappa shape index (κ2) is 3.86. The Hall–Kier alpha value is -0.870. The van der Waals surface area contributed by atoms with Gasteiger partial charge in [0.15, 0.2) is 0 Å². The molecule has 0 saturated carbocycles. The molecule has 0 fully saturated rings. The van der Waals surface area contributed by atoms with Crippen LogP contribution in [0.15, 0.2) is 36.4 Å². The molecule has 0 spiro atoms. The smallest absolute Gasteiger partial charge is 0.0684 e. The van der Waals surface area contributed by atoms with Gasteiger partial charge in [-0.2, -0.15) is 0 Å². The van der Waals surface area contributed by atoms with Gasteiger partial charge in [-0.1, -0.05) is 24.3 Å². The van der Waals surface area contributed by atoms with Crippen LogP contribution in [0.3, 0.4) is 0 Å². The minimum absolute atomic E-state index is 0.133. The summed E-state index contributed by atoms with van der Waals surface area (Å²) in [6, 6.07) is 12.7. The fourth-order valence-corrected chi connectivity index (χ4v) is 2.96. The van der Waals surface area contributed by atoms with Crippen LogP contribution in [0.25, 0.3) is 11.1 Å². The molecule has 0 saturated heterocycles. The zero-order valence-corrected chi connectivity index (χ0v) is 10.9. The Morgan fingerprint density at radius 3 is 2.81 bits per heavy atom. The van der Waals surface area contributed by atoms with Crippen molar-refractivity contribution in [2.75, 3.05) is 0 Å². The summed E-state index contributed by atoms with van der Waals surface area (Å²) in [5.41, 5.74) is 6.34. The van der Waals surface area contributed by atoms with Gasteiger partial charge in [-0.05, 0) is 69.0 Å². The molecule has 0 unspecified atom stereocenters. The van der Waals surface area contributed by atoms with Gasteiger partial charge >= 0.3 is 0 Å². The van der Waals surface area contributed by atoms with Crippen molar-refractivity contribution in [1.82, 2.24) is 0 Å². The molecule has 16 heavy (non-hydrogen) atoms. The summed E-state index contributed by atoms with van der Waals surface area (Å²) in [6.07, 6.45) is 0.957. The fraction of sp³-hybridized carbons (Fsp3) is 0.143. The van der Waals surface area contributed by atoms with Crippen molar-refractivity contribution in [3.63, 3.8) is 0 Å². The molecule has 1 nitrogen and oxygen atoms in total. The second-order valence-corrected chi connectivity index (χ2v) is 5.33. The summed E-state index contributed by atoms with van der Waals surface area (Å²) in [6.45, 7) is 0.133. The van der Waals surface area contributed by atoms with Gasteiger partial charge in [0.2, 0.25) is 0 Å². The number of benzene rings is 2. The van der Waals surface area contributed by atoms with Crippen LogP contribution in [0.4, 0.5) is 0 Å². The van der Waals surface area contributed by atoms with Gasteiger partial charge in [-0.25, -0.2) is 0 Å². The van der Waals surface area contributed by atoms with Gasteiger partial charge in [0.25, 0.3) is 0 Å². The van der Waals surface area contributed by atoms with Crippen molar-refractivity contribution in [2.45, 2.75) is 13.0 Å². The first-order valence-corrected chi connectivity index (χ1v) is 6.38. The standard InChI is InChI=1S/C14H11IO/c15-11-4-5-12-10(6-11)7-14-9(8-16)2-1-3-13(12)14/h1-6,16H,7-8H2. The molecule has 3 rings (SSSR count). The highest BCUT2D eigenvalue weighted by molar-refractivity contribution is 14.1. The largest absolute Gasteiger partial charge is 0.392 e. The van der Waals surface area contributed by atoms with E-state index in [0.717, 1.165) is 12.0 Å². The van der Waals surface area contributed by atoms with Gasteiger partial charge < -0.3 is 5.11 Å². The van der Waals surface area contributed by atoms with Crippen molar-refractivity contribution in [2.24, 2.45) is 0 Å². The fourth-order valence-electron chi connectivity index (χ4n) is 2.41. The highest BCUT2D eigenvalue weighted by Crippen LogP contribution is 2.38. The zero-order chi connectivity index (χ0) is 11.1. The van der Waals surface area contributed by atoms with Crippen molar-refractivity contribution < 1.29 is 5.11 Å². The van der Waals surface area contributed by atoms with E-state index in [9.17, 15) is 5.11 Å². The number of aliphatic hydroxyl groups excluding tert-OH is 1. The number of hydrogen-bond donors (Lipinski definition) is 1. The number of fused-ring (bicyclic) bond motifs is 3. The molecule has 80 valence electrons. The topological polar surface area (TPSA) is 20.2 Å². The van der Waals surface area contributed by atoms with Crippen molar-refractivity contribution >= 4 is 22.6 Å². The average Bonchev–Trinajstić information content (AvgIpc) is 2.65. The Bertz CT molecular complexity index is 561. The predicted octanol–water partition coefficient (Wildman–Crippen LogP) is 3.35. The summed E-state index contributed by atoms with van der Waals surface area (Å²) in [4.78, 5) is 0. The van der Waals surface area contributed by atoms with E-state index in [4.69, 9.17) is 0 Å². The lowest BCUT2D eigenvalue weighted by molar-refractivity contribution is 0.281. The van der Waals surface area contributed by atoms with Crippen LogP contribution in [-0.4, -0.2) is 5.11 Å². The molecular formula is C14H11IO. The third-order valence-corrected chi connectivity index (χ3v) is 3.84. The van der Waals surface area contributed by atoms with Gasteiger partial charge in [0.05, 0.1) is 6.61 Å². The minimum Gasteiger partial charge on any atom is -0.392 e. The Kier molecular flexibility index (Phi) is 2.48. The Balaban J connectivity index is 2.23. The van der Waals surface area contributed by atoms with Crippen molar-refractivity contribution in [1.29, 1.82) is 0 Å². The van der Waals surface area contributed by atoms with E-state index >= 15 is 0 Å². The third-order valence-electron chi connectivity index (χ3n) is 3.17. The Morgan fingerprint density at radius 1 is 1.12 bits per heavy atom. The predicted molar refractivity (Wildman–Crippen MR) is 73.3 cm³/mol. The maximum absolute atomic E-state index is 9.33. The molecule has 0 radical (unpaired) electrons. The Morgan fingerprint density at radius 2 is 2.00 bits per heavy atom.